The van der Waals surface area contributed by atoms with Crippen LogP contribution < -0.4 is 16.6 Å². The van der Waals surface area contributed by atoms with Crippen LogP contribution in [-0.4, -0.2) is 16.0 Å². The Morgan fingerprint density at radius 1 is 1.26 bits per heavy atom. The van der Waals surface area contributed by atoms with Crippen LogP contribution in [0.15, 0.2) is 42.6 Å². The molecule has 0 unspecified atom stereocenters. The molecule has 2 rings (SSSR count). The number of hydrazine groups is 1. The van der Waals surface area contributed by atoms with E-state index in [1.807, 2.05) is 0 Å². The van der Waals surface area contributed by atoms with Crippen LogP contribution in [0.4, 0.5) is 11.5 Å². The van der Waals surface area contributed by atoms with Crippen LogP contribution in [0, 0.1) is 0 Å². The minimum atomic E-state index is -0.254. The SMILES string of the molecule is NNc1cc(C(=O)Nc2ccc(CO)cc2)ccn1. The number of nitrogens with zero attached hydrogens (tertiary/aromatic N) is 1. The van der Waals surface area contributed by atoms with Crippen LogP contribution >= 0.6 is 0 Å². The molecule has 5 N–H and O–H groups in total. The van der Waals surface area contributed by atoms with Gasteiger partial charge >= 0.3 is 0 Å². The third-order valence-corrected chi connectivity index (χ3v) is 2.56. The van der Waals surface area contributed by atoms with Crippen molar-refractivity contribution in [2.24, 2.45) is 5.84 Å². The Morgan fingerprint density at radius 3 is 2.63 bits per heavy atom. The number of aliphatic hydroxyl groups is 1. The fourth-order valence-corrected chi connectivity index (χ4v) is 1.55. The van der Waals surface area contributed by atoms with Crippen molar-refractivity contribution < 1.29 is 9.90 Å². The molecule has 0 aliphatic heterocycles. The van der Waals surface area contributed by atoms with Gasteiger partial charge in [-0.1, -0.05) is 12.1 Å². The Kier molecular flexibility index (Phi) is 4.07. The molecule has 0 spiro atoms. The van der Waals surface area contributed by atoms with Gasteiger partial charge in [-0.15, -0.1) is 0 Å². The number of pyridine rings is 1. The minimum absolute atomic E-state index is 0.0237. The number of nitrogen functional groups attached to an aromatic ring is 1. The molecule has 0 atom stereocenters. The maximum Gasteiger partial charge on any atom is 0.255 e. The van der Waals surface area contributed by atoms with E-state index < -0.39 is 0 Å². The Bertz CT molecular complexity index is 569. The average molecular weight is 258 g/mol. The van der Waals surface area contributed by atoms with Gasteiger partial charge in [-0.3, -0.25) is 4.79 Å². The monoisotopic (exact) mass is 258 g/mol. The van der Waals surface area contributed by atoms with E-state index in [0.717, 1.165) is 5.56 Å². The number of nitrogens with two attached hydrogens (primary N) is 1. The van der Waals surface area contributed by atoms with Gasteiger partial charge in [0.15, 0.2) is 0 Å². The predicted octanol–water partition coefficient (Wildman–Crippen LogP) is 1.11. The highest BCUT2D eigenvalue weighted by molar-refractivity contribution is 6.04. The smallest absolute Gasteiger partial charge is 0.255 e. The zero-order valence-corrected chi connectivity index (χ0v) is 10.1. The number of benzene rings is 1. The van der Waals surface area contributed by atoms with Gasteiger partial charge in [0.05, 0.1) is 6.61 Å². The summed E-state index contributed by atoms with van der Waals surface area (Å²) in [7, 11) is 0. The number of aliphatic hydroxyl groups excluding tert-OH is 1. The molecule has 0 aliphatic rings. The van der Waals surface area contributed by atoms with Crippen LogP contribution in [0.3, 0.4) is 0 Å². The van der Waals surface area contributed by atoms with E-state index in [2.05, 4.69) is 15.7 Å². The highest BCUT2D eigenvalue weighted by atomic mass is 16.3. The van der Waals surface area contributed by atoms with Gasteiger partial charge in [0.25, 0.3) is 5.91 Å². The topological polar surface area (TPSA) is 100 Å². The van der Waals surface area contributed by atoms with Crippen molar-refractivity contribution in [1.82, 2.24) is 4.98 Å². The Morgan fingerprint density at radius 2 is 2.00 bits per heavy atom. The second kappa shape index (κ2) is 5.94. The zero-order valence-electron chi connectivity index (χ0n) is 10.1. The summed E-state index contributed by atoms with van der Waals surface area (Å²) in [4.78, 5) is 15.9. The van der Waals surface area contributed by atoms with Crippen LogP contribution in [0.5, 0.6) is 0 Å². The lowest BCUT2D eigenvalue weighted by molar-refractivity contribution is 0.102. The van der Waals surface area contributed by atoms with E-state index in [4.69, 9.17) is 10.9 Å². The van der Waals surface area contributed by atoms with E-state index in [1.165, 1.54) is 6.20 Å². The lowest BCUT2D eigenvalue weighted by Crippen LogP contribution is -2.14. The summed E-state index contributed by atoms with van der Waals surface area (Å²) in [6.45, 7) is -0.0237. The normalized spacial score (nSPS) is 10.0. The van der Waals surface area contributed by atoms with Crippen molar-refractivity contribution in [3.63, 3.8) is 0 Å². The Hall–Kier alpha value is -2.44. The first-order valence-corrected chi connectivity index (χ1v) is 5.67. The number of aromatic nitrogens is 1. The molecule has 0 radical (unpaired) electrons. The summed E-state index contributed by atoms with van der Waals surface area (Å²) in [6.07, 6.45) is 1.50. The van der Waals surface area contributed by atoms with Crippen LogP contribution in [0.1, 0.15) is 15.9 Å². The number of carbonyl (C=O) groups is 1. The molecule has 6 heteroatoms. The molecule has 0 aliphatic carbocycles. The standard InChI is InChI=1S/C13H14N4O2/c14-17-12-7-10(5-6-15-12)13(19)16-11-3-1-9(8-18)2-4-11/h1-7,18H,8,14H2,(H,15,17)(H,16,19). The first-order chi connectivity index (χ1) is 9.22. The molecule has 2 aromatic rings. The van der Waals surface area contributed by atoms with E-state index in [1.54, 1.807) is 36.4 Å². The van der Waals surface area contributed by atoms with E-state index in [0.29, 0.717) is 17.1 Å². The average Bonchev–Trinajstić information content (AvgIpc) is 2.48. The number of anilines is 2. The van der Waals surface area contributed by atoms with Crippen molar-refractivity contribution in [3.05, 3.63) is 53.7 Å². The lowest BCUT2D eigenvalue weighted by Gasteiger charge is -2.07. The van der Waals surface area contributed by atoms with Crippen molar-refractivity contribution in [1.29, 1.82) is 0 Å². The van der Waals surface area contributed by atoms with Gasteiger partial charge in [-0.05, 0) is 29.8 Å². The molecule has 1 heterocycles. The molecule has 19 heavy (non-hydrogen) atoms. The van der Waals surface area contributed by atoms with Crippen molar-refractivity contribution >= 4 is 17.4 Å². The van der Waals surface area contributed by atoms with Crippen LogP contribution in [-0.2, 0) is 6.61 Å². The van der Waals surface area contributed by atoms with E-state index in [9.17, 15) is 4.79 Å². The predicted molar refractivity (Wildman–Crippen MR) is 72.4 cm³/mol. The van der Waals surface area contributed by atoms with E-state index >= 15 is 0 Å². The van der Waals surface area contributed by atoms with Gasteiger partial charge in [-0.25, -0.2) is 10.8 Å². The van der Waals surface area contributed by atoms with Crippen LogP contribution in [0.25, 0.3) is 0 Å². The number of amides is 1. The maximum absolute atomic E-state index is 12.0. The molecule has 6 nitrogen and oxygen atoms in total. The third-order valence-electron chi connectivity index (χ3n) is 2.56. The van der Waals surface area contributed by atoms with Crippen molar-refractivity contribution in [2.75, 3.05) is 10.7 Å². The van der Waals surface area contributed by atoms with Gasteiger partial charge in [0.1, 0.15) is 5.82 Å². The second-order valence-electron chi connectivity index (χ2n) is 3.88. The van der Waals surface area contributed by atoms with Gasteiger partial charge in [0, 0.05) is 17.4 Å². The molecule has 1 aromatic heterocycles. The highest BCUT2D eigenvalue weighted by Gasteiger charge is 2.07. The summed E-state index contributed by atoms with van der Waals surface area (Å²) >= 11 is 0. The molecule has 0 saturated carbocycles. The summed E-state index contributed by atoms with van der Waals surface area (Å²) in [5.41, 5.74) is 4.28. The van der Waals surface area contributed by atoms with Gasteiger partial charge in [0.2, 0.25) is 0 Å². The molecule has 0 fully saturated rings. The Labute approximate surface area is 110 Å². The fraction of sp³-hybridized carbons (Fsp3) is 0.0769. The number of nitrogens with one attached hydrogen (secondary N) is 2. The molecule has 1 aromatic carbocycles. The quantitative estimate of drug-likeness (QED) is 0.486. The summed E-state index contributed by atoms with van der Waals surface area (Å²) in [5, 5.41) is 11.7. The van der Waals surface area contributed by atoms with Crippen molar-refractivity contribution in [3.8, 4) is 0 Å². The summed E-state index contributed by atoms with van der Waals surface area (Å²) in [6, 6.07) is 10.1. The number of hydrogen-bond acceptors (Lipinski definition) is 5. The first kappa shape index (κ1) is 13.0. The molecular weight excluding hydrogens is 244 g/mol. The molecule has 0 saturated heterocycles. The molecular formula is C13H14N4O2. The zero-order chi connectivity index (χ0) is 13.7. The third kappa shape index (κ3) is 3.27. The fourth-order valence-electron chi connectivity index (χ4n) is 1.55. The Balaban J connectivity index is 2.11. The largest absolute Gasteiger partial charge is 0.392 e. The number of rotatable bonds is 4. The van der Waals surface area contributed by atoms with Crippen molar-refractivity contribution in [2.45, 2.75) is 6.61 Å². The lowest BCUT2D eigenvalue weighted by atomic mass is 10.2. The highest BCUT2D eigenvalue weighted by Crippen LogP contribution is 2.12. The van der Waals surface area contributed by atoms with Crippen LogP contribution in [0.2, 0.25) is 0 Å². The second-order valence-corrected chi connectivity index (χ2v) is 3.88. The minimum Gasteiger partial charge on any atom is -0.392 e. The van der Waals surface area contributed by atoms with Gasteiger partial charge < -0.3 is 15.8 Å². The molecule has 1 amide bonds. The molecule has 98 valence electrons. The summed E-state index contributed by atoms with van der Waals surface area (Å²) in [5.74, 6) is 5.40. The maximum atomic E-state index is 12.0. The number of carbonyl (C=O) groups excluding carboxylic acids is 1. The van der Waals surface area contributed by atoms with E-state index in [-0.39, 0.29) is 12.5 Å². The summed E-state index contributed by atoms with van der Waals surface area (Å²) < 4.78 is 0. The first-order valence-electron chi connectivity index (χ1n) is 5.67. The number of hydrogen-bond donors (Lipinski definition) is 4. The van der Waals surface area contributed by atoms with Gasteiger partial charge in [-0.2, -0.15) is 0 Å². The molecule has 0 bridgehead atoms.